The van der Waals surface area contributed by atoms with E-state index in [2.05, 4.69) is 29.3 Å². The molecular weight excluding hydrogens is 420 g/mol. The Morgan fingerprint density at radius 3 is 2.62 bits per heavy atom. The summed E-state index contributed by atoms with van der Waals surface area (Å²) in [4.78, 5) is 19.5. The molecule has 0 bridgehead atoms. The zero-order chi connectivity index (χ0) is 22.5. The first-order valence-electron chi connectivity index (χ1n) is 10.7. The highest BCUT2D eigenvalue weighted by molar-refractivity contribution is 8.18. The van der Waals surface area contributed by atoms with E-state index in [0.717, 1.165) is 16.3 Å². The summed E-state index contributed by atoms with van der Waals surface area (Å²) in [7, 11) is 1.62. The minimum absolute atomic E-state index is 0.0139. The molecule has 0 aromatic heterocycles. The van der Waals surface area contributed by atoms with Crippen molar-refractivity contribution in [3.8, 4) is 11.5 Å². The van der Waals surface area contributed by atoms with E-state index >= 15 is 0 Å². The maximum absolute atomic E-state index is 12.7. The molecule has 1 saturated heterocycles. The molecule has 0 saturated carbocycles. The number of thioether (sulfide) groups is 1. The lowest BCUT2D eigenvalue weighted by molar-refractivity contribution is -0.122. The van der Waals surface area contributed by atoms with Gasteiger partial charge in [0, 0.05) is 13.1 Å². The molecule has 0 atom stereocenters. The van der Waals surface area contributed by atoms with Gasteiger partial charge in [0.05, 0.1) is 12.0 Å². The van der Waals surface area contributed by atoms with Crippen LogP contribution < -0.4 is 9.47 Å². The van der Waals surface area contributed by atoms with Crippen molar-refractivity contribution in [1.82, 2.24) is 4.90 Å². The van der Waals surface area contributed by atoms with Gasteiger partial charge in [-0.25, -0.2) is 0 Å². The quantitative estimate of drug-likeness (QED) is 0.434. The lowest BCUT2D eigenvalue weighted by Gasteiger charge is -2.13. The zero-order valence-electron chi connectivity index (χ0n) is 18.5. The molecule has 0 aliphatic carbocycles. The van der Waals surface area contributed by atoms with Gasteiger partial charge in [-0.1, -0.05) is 48.5 Å². The number of hydrogen-bond donors (Lipinski definition) is 0. The molecule has 0 unspecified atom stereocenters. The van der Waals surface area contributed by atoms with Gasteiger partial charge in [0.15, 0.2) is 16.7 Å². The molecule has 1 aliphatic heterocycles. The minimum Gasteiger partial charge on any atom is -0.493 e. The second-order valence-corrected chi connectivity index (χ2v) is 8.26. The van der Waals surface area contributed by atoms with Crippen molar-refractivity contribution in [1.29, 1.82) is 0 Å². The third kappa shape index (κ3) is 4.50. The van der Waals surface area contributed by atoms with Gasteiger partial charge in [-0.3, -0.25) is 14.7 Å². The van der Waals surface area contributed by atoms with E-state index in [1.165, 1.54) is 22.5 Å². The van der Waals surface area contributed by atoms with Crippen LogP contribution in [-0.2, 0) is 11.4 Å². The summed E-state index contributed by atoms with van der Waals surface area (Å²) < 4.78 is 11.7. The van der Waals surface area contributed by atoms with Crippen molar-refractivity contribution in [2.45, 2.75) is 20.5 Å². The van der Waals surface area contributed by atoms with Gasteiger partial charge in [-0.2, -0.15) is 0 Å². The number of carbonyl (C=O) groups excluding carboxylic acids is 1. The predicted molar refractivity (Wildman–Crippen MR) is 132 cm³/mol. The van der Waals surface area contributed by atoms with Crippen LogP contribution in [0.1, 0.15) is 25.0 Å². The average molecular weight is 447 g/mol. The molecule has 1 fully saturated rings. The van der Waals surface area contributed by atoms with Crippen LogP contribution in [0.2, 0.25) is 0 Å². The van der Waals surface area contributed by atoms with Gasteiger partial charge in [0.1, 0.15) is 6.61 Å². The SMILES string of the molecule is CCN=C1S/C(=C/c2ccc(OCc3cccc4ccccc34)c(OC)c2)C(=O)N1CC. The molecule has 1 amide bonds. The average Bonchev–Trinajstić information content (AvgIpc) is 3.12. The summed E-state index contributed by atoms with van der Waals surface area (Å²) in [5, 5.41) is 3.12. The number of rotatable bonds is 7. The van der Waals surface area contributed by atoms with Crippen molar-refractivity contribution in [2.75, 3.05) is 20.2 Å². The van der Waals surface area contributed by atoms with Gasteiger partial charge >= 0.3 is 0 Å². The van der Waals surface area contributed by atoms with E-state index in [0.29, 0.717) is 36.1 Å². The Labute approximate surface area is 192 Å². The molecule has 4 rings (SSSR count). The Morgan fingerprint density at radius 1 is 1.03 bits per heavy atom. The van der Waals surface area contributed by atoms with E-state index in [4.69, 9.17) is 9.47 Å². The first-order valence-corrected chi connectivity index (χ1v) is 11.5. The van der Waals surface area contributed by atoms with Gasteiger partial charge in [0.2, 0.25) is 0 Å². The number of hydrogen-bond acceptors (Lipinski definition) is 5. The fraction of sp³-hybridized carbons (Fsp3) is 0.231. The summed E-state index contributed by atoms with van der Waals surface area (Å²) >= 11 is 1.41. The highest BCUT2D eigenvalue weighted by Crippen LogP contribution is 2.35. The number of benzene rings is 3. The lowest BCUT2D eigenvalue weighted by Crippen LogP contribution is -2.28. The second kappa shape index (κ2) is 9.92. The minimum atomic E-state index is -0.0139. The lowest BCUT2D eigenvalue weighted by atomic mass is 10.1. The molecule has 1 aliphatic rings. The van der Waals surface area contributed by atoms with E-state index in [9.17, 15) is 4.79 Å². The summed E-state index contributed by atoms with van der Waals surface area (Å²) in [5.74, 6) is 1.28. The normalized spacial score (nSPS) is 16.3. The Morgan fingerprint density at radius 2 is 1.84 bits per heavy atom. The number of likely N-dealkylation sites (N-methyl/N-ethyl adjacent to an activating group) is 1. The second-order valence-electron chi connectivity index (χ2n) is 7.25. The number of amidine groups is 1. The fourth-order valence-corrected chi connectivity index (χ4v) is 4.76. The molecule has 5 nitrogen and oxygen atoms in total. The zero-order valence-corrected chi connectivity index (χ0v) is 19.3. The summed E-state index contributed by atoms with van der Waals surface area (Å²) in [6.07, 6.45) is 1.88. The number of aliphatic imine (C=N–C) groups is 1. The summed E-state index contributed by atoms with van der Waals surface area (Å²) in [6, 6.07) is 20.2. The van der Waals surface area contributed by atoms with Crippen LogP contribution in [0.5, 0.6) is 11.5 Å². The van der Waals surface area contributed by atoms with Crippen molar-refractivity contribution < 1.29 is 14.3 Å². The van der Waals surface area contributed by atoms with Crippen molar-refractivity contribution in [3.05, 3.63) is 76.7 Å². The van der Waals surface area contributed by atoms with Gasteiger partial charge in [-0.15, -0.1) is 0 Å². The van der Waals surface area contributed by atoms with Crippen LogP contribution in [-0.4, -0.2) is 36.2 Å². The van der Waals surface area contributed by atoms with E-state index in [1.807, 2.05) is 56.3 Å². The molecule has 3 aromatic carbocycles. The van der Waals surface area contributed by atoms with Crippen molar-refractivity contribution >= 4 is 39.7 Å². The number of ether oxygens (including phenoxy) is 2. The van der Waals surface area contributed by atoms with Crippen molar-refractivity contribution in [2.24, 2.45) is 4.99 Å². The Bertz CT molecular complexity index is 1200. The summed E-state index contributed by atoms with van der Waals surface area (Å²) in [6.45, 7) is 5.62. The smallest absolute Gasteiger partial charge is 0.266 e. The number of nitrogens with zero attached hydrogens (tertiary/aromatic N) is 2. The van der Waals surface area contributed by atoms with Crippen LogP contribution in [0, 0.1) is 0 Å². The Balaban J connectivity index is 1.55. The van der Waals surface area contributed by atoms with Crippen LogP contribution >= 0.6 is 11.8 Å². The monoisotopic (exact) mass is 446 g/mol. The van der Waals surface area contributed by atoms with Gasteiger partial charge in [0.25, 0.3) is 5.91 Å². The van der Waals surface area contributed by atoms with Crippen LogP contribution in [0.15, 0.2) is 70.6 Å². The molecule has 164 valence electrons. The first kappa shape index (κ1) is 22.0. The Hall–Kier alpha value is -3.25. The standard InChI is InChI=1S/C26H26N2O3S/c1-4-27-26-28(5-2)25(29)24(32-26)16-18-13-14-22(23(15-18)30-3)31-17-20-11-8-10-19-9-6-7-12-21(19)20/h6-16H,4-5,17H2,1-3H3/b24-16+,27-26?. The van der Waals surface area contributed by atoms with Gasteiger partial charge in [-0.05, 0) is 65.7 Å². The molecule has 0 N–H and O–H groups in total. The Kier molecular flexibility index (Phi) is 6.81. The molecule has 0 radical (unpaired) electrons. The van der Waals surface area contributed by atoms with Gasteiger partial charge < -0.3 is 9.47 Å². The van der Waals surface area contributed by atoms with Crippen LogP contribution in [0.4, 0.5) is 0 Å². The van der Waals surface area contributed by atoms with E-state index in [-0.39, 0.29) is 5.91 Å². The number of amides is 1. The number of carbonyl (C=O) groups is 1. The van der Waals surface area contributed by atoms with E-state index in [1.54, 1.807) is 12.0 Å². The molecule has 32 heavy (non-hydrogen) atoms. The predicted octanol–water partition coefficient (Wildman–Crippen LogP) is 5.74. The topological polar surface area (TPSA) is 51.1 Å². The highest BCUT2D eigenvalue weighted by atomic mass is 32.2. The van der Waals surface area contributed by atoms with Crippen LogP contribution in [0.25, 0.3) is 16.8 Å². The highest BCUT2D eigenvalue weighted by Gasteiger charge is 2.31. The largest absolute Gasteiger partial charge is 0.493 e. The summed E-state index contributed by atoms with van der Waals surface area (Å²) in [5.41, 5.74) is 2.00. The van der Waals surface area contributed by atoms with Crippen LogP contribution in [0.3, 0.4) is 0 Å². The maximum Gasteiger partial charge on any atom is 0.266 e. The molecule has 0 spiro atoms. The number of fused-ring (bicyclic) bond motifs is 1. The third-order valence-electron chi connectivity index (χ3n) is 5.25. The molecule has 1 heterocycles. The number of methoxy groups -OCH3 is 1. The van der Waals surface area contributed by atoms with Crippen molar-refractivity contribution in [3.63, 3.8) is 0 Å². The maximum atomic E-state index is 12.7. The van der Waals surface area contributed by atoms with E-state index < -0.39 is 0 Å². The fourth-order valence-electron chi connectivity index (χ4n) is 3.66. The molecular formula is C26H26N2O3S. The first-order chi connectivity index (χ1) is 15.6. The third-order valence-corrected chi connectivity index (χ3v) is 6.29. The molecule has 3 aromatic rings. The molecule has 6 heteroatoms.